The zero-order valence-electron chi connectivity index (χ0n) is 10.7. The Bertz CT molecular complexity index is 463. The predicted molar refractivity (Wildman–Crippen MR) is 72.4 cm³/mol. The lowest BCUT2D eigenvalue weighted by Crippen LogP contribution is -2.33. The maximum absolute atomic E-state index is 5.81. The van der Waals surface area contributed by atoms with Gasteiger partial charge in [-0.2, -0.15) is 0 Å². The molecule has 0 aliphatic heterocycles. The van der Waals surface area contributed by atoms with E-state index >= 15 is 0 Å². The zero-order chi connectivity index (χ0) is 12.4. The number of aromatic nitrogens is 1. The smallest absolute Gasteiger partial charge is 0.189 e. The number of guanidine groups is 1. The Hall–Kier alpha value is -1.58. The molecule has 0 amide bonds. The second kappa shape index (κ2) is 4.96. The molecule has 4 nitrogen and oxygen atoms in total. The SMILES string of the molecule is NC(=NCc1ccc2c(n1)CCCC2)NC1CC1. The maximum Gasteiger partial charge on any atom is 0.189 e. The lowest BCUT2D eigenvalue weighted by atomic mass is 9.96. The molecule has 0 atom stereocenters. The molecule has 0 radical (unpaired) electrons. The van der Waals surface area contributed by atoms with E-state index < -0.39 is 0 Å². The van der Waals surface area contributed by atoms with Crippen molar-refractivity contribution in [3.63, 3.8) is 0 Å². The summed E-state index contributed by atoms with van der Waals surface area (Å²) in [6.07, 6.45) is 7.28. The number of rotatable bonds is 3. The lowest BCUT2D eigenvalue weighted by molar-refractivity contribution is 0.663. The minimum atomic E-state index is 0.553. The largest absolute Gasteiger partial charge is 0.370 e. The van der Waals surface area contributed by atoms with Crippen molar-refractivity contribution in [1.82, 2.24) is 10.3 Å². The molecule has 1 aromatic rings. The van der Waals surface area contributed by atoms with Gasteiger partial charge in [-0.3, -0.25) is 4.98 Å². The fourth-order valence-corrected chi connectivity index (χ4v) is 2.36. The normalized spacial score (nSPS) is 19.4. The highest BCUT2D eigenvalue weighted by atomic mass is 15.1. The fraction of sp³-hybridized carbons (Fsp3) is 0.571. The van der Waals surface area contributed by atoms with Crippen LogP contribution in [0, 0.1) is 0 Å². The monoisotopic (exact) mass is 244 g/mol. The molecule has 2 aliphatic rings. The number of aryl methyl sites for hydroxylation is 2. The van der Waals surface area contributed by atoms with Crippen LogP contribution in [0.2, 0.25) is 0 Å². The van der Waals surface area contributed by atoms with Crippen LogP contribution in [-0.4, -0.2) is 17.0 Å². The number of nitrogens with two attached hydrogens (primary N) is 1. The van der Waals surface area contributed by atoms with Gasteiger partial charge in [-0.25, -0.2) is 4.99 Å². The van der Waals surface area contributed by atoms with Crippen LogP contribution in [0.1, 0.15) is 42.6 Å². The van der Waals surface area contributed by atoms with Gasteiger partial charge in [0.2, 0.25) is 0 Å². The van der Waals surface area contributed by atoms with E-state index in [4.69, 9.17) is 5.73 Å². The van der Waals surface area contributed by atoms with Crippen LogP contribution in [0.15, 0.2) is 17.1 Å². The fourth-order valence-electron chi connectivity index (χ4n) is 2.36. The number of pyridine rings is 1. The molecule has 96 valence electrons. The van der Waals surface area contributed by atoms with Crippen molar-refractivity contribution < 1.29 is 0 Å². The molecule has 1 fully saturated rings. The highest BCUT2D eigenvalue weighted by Crippen LogP contribution is 2.20. The quantitative estimate of drug-likeness (QED) is 0.626. The molecule has 0 spiro atoms. The van der Waals surface area contributed by atoms with Crippen molar-refractivity contribution in [2.75, 3.05) is 0 Å². The molecule has 18 heavy (non-hydrogen) atoms. The maximum atomic E-state index is 5.81. The second-order valence-corrected chi connectivity index (χ2v) is 5.24. The molecule has 1 saturated carbocycles. The molecule has 0 unspecified atom stereocenters. The first-order valence-electron chi connectivity index (χ1n) is 6.85. The van der Waals surface area contributed by atoms with Crippen LogP contribution < -0.4 is 11.1 Å². The van der Waals surface area contributed by atoms with E-state index in [0.29, 0.717) is 18.5 Å². The first-order valence-corrected chi connectivity index (χ1v) is 6.85. The molecule has 2 aliphatic carbocycles. The van der Waals surface area contributed by atoms with Gasteiger partial charge in [0, 0.05) is 11.7 Å². The predicted octanol–water partition coefficient (Wildman–Crippen LogP) is 1.53. The van der Waals surface area contributed by atoms with Crippen LogP contribution >= 0.6 is 0 Å². The summed E-state index contributed by atoms with van der Waals surface area (Å²) in [4.78, 5) is 9.03. The summed E-state index contributed by atoms with van der Waals surface area (Å²) >= 11 is 0. The van der Waals surface area contributed by atoms with Gasteiger partial charge in [-0.15, -0.1) is 0 Å². The number of nitrogens with one attached hydrogen (secondary N) is 1. The van der Waals surface area contributed by atoms with E-state index in [1.807, 2.05) is 0 Å². The highest BCUT2D eigenvalue weighted by Gasteiger charge is 2.21. The van der Waals surface area contributed by atoms with E-state index in [1.54, 1.807) is 0 Å². The van der Waals surface area contributed by atoms with Gasteiger partial charge >= 0.3 is 0 Å². The second-order valence-electron chi connectivity index (χ2n) is 5.24. The van der Waals surface area contributed by atoms with Crippen LogP contribution in [0.4, 0.5) is 0 Å². The molecular formula is C14H20N4. The van der Waals surface area contributed by atoms with Crippen molar-refractivity contribution >= 4 is 5.96 Å². The summed E-state index contributed by atoms with van der Waals surface area (Å²) in [6, 6.07) is 4.85. The molecule has 0 bridgehead atoms. The van der Waals surface area contributed by atoms with Gasteiger partial charge in [-0.1, -0.05) is 6.07 Å². The molecule has 3 N–H and O–H groups in total. The summed E-state index contributed by atoms with van der Waals surface area (Å²) in [7, 11) is 0. The molecule has 0 saturated heterocycles. The molecule has 0 aromatic carbocycles. The van der Waals surface area contributed by atoms with Crippen LogP contribution in [0.25, 0.3) is 0 Å². The van der Waals surface area contributed by atoms with Gasteiger partial charge in [0.15, 0.2) is 5.96 Å². The van der Waals surface area contributed by atoms with Gasteiger partial charge in [0.05, 0.1) is 12.2 Å². The van der Waals surface area contributed by atoms with Crippen molar-refractivity contribution in [2.24, 2.45) is 10.7 Å². The van der Waals surface area contributed by atoms with Gasteiger partial charge in [0.25, 0.3) is 0 Å². The molecular weight excluding hydrogens is 224 g/mol. The summed E-state index contributed by atoms with van der Waals surface area (Å²) < 4.78 is 0. The van der Waals surface area contributed by atoms with Crippen molar-refractivity contribution in [3.05, 3.63) is 29.1 Å². The van der Waals surface area contributed by atoms with Crippen molar-refractivity contribution in [1.29, 1.82) is 0 Å². The van der Waals surface area contributed by atoms with E-state index in [1.165, 1.54) is 43.4 Å². The van der Waals surface area contributed by atoms with Gasteiger partial charge in [-0.05, 0) is 50.2 Å². The lowest BCUT2D eigenvalue weighted by Gasteiger charge is -2.15. The van der Waals surface area contributed by atoms with Crippen molar-refractivity contribution in [3.8, 4) is 0 Å². The Kier molecular flexibility index (Phi) is 3.17. The summed E-state index contributed by atoms with van der Waals surface area (Å²) in [5, 5.41) is 3.19. The molecule has 4 heteroatoms. The highest BCUT2D eigenvalue weighted by molar-refractivity contribution is 5.78. The number of hydrogen-bond acceptors (Lipinski definition) is 2. The third kappa shape index (κ3) is 2.81. The number of hydrogen-bond donors (Lipinski definition) is 2. The zero-order valence-corrected chi connectivity index (χ0v) is 10.7. The molecule has 1 heterocycles. The Labute approximate surface area is 108 Å². The van der Waals surface area contributed by atoms with Crippen LogP contribution in [0.5, 0.6) is 0 Å². The van der Waals surface area contributed by atoms with E-state index in [9.17, 15) is 0 Å². The van der Waals surface area contributed by atoms with E-state index in [-0.39, 0.29) is 0 Å². The first kappa shape index (κ1) is 11.5. The number of aliphatic imine (C=N–C) groups is 1. The van der Waals surface area contributed by atoms with Crippen molar-refractivity contribution in [2.45, 2.75) is 51.1 Å². The number of nitrogens with zero attached hydrogens (tertiary/aromatic N) is 2. The topological polar surface area (TPSA) is 63.3 Å². The Morgan fingerprint density at radius 1 is 1.33 bits per heavy atom. The Morgan fingerprint density at radius 2 is 2.17 bits per heavy atom. The van der Waals surface area contributed by atoms with E-state index in [2.05, 4.69) is 27.4 Å². The number of fused-ring (bicyclic) bond motifs is 1. The third-order valence-electron chi connectivity index (χ3n) is 3.58. The van der Waals surface area contributed by atoms with Crippen LogP contribution in [-0.2, 0) is 19.4 Å². The minimum absolute atomic E-state index is 0.553. The van der Waals surface area contributed by atoms with Gasteiger partial charge < -0.3 is 11.1 Å². The molecule has 3 rings (SSSR count). The summed E-state index contributed by atoms with van der Waals surface area (Å²) in [6.45, 7) is 0.582. The Balaban J connectivity index is 1.64. The average Bonchev–Trinajstić information content (AvgIpc) is 3.20. The summed E-state index contributed by atoms with van der Waals surface area (Å²) in [5.74, 6) is 0.553. The Morgan fingerprint density at radius 3 is 3.00 bits per heavy atom. The van der Waals surface area contributed by atoms with E-state index in [0.717, 1.165) is 12.1 Å². The average molecular weight is 244 g/mol. The molecule has 1 aromatic heterocycles. The third-order valence-corrected chi connectivity index (χ3v) is 3.58. The standard InChI is InChI=1S/C14H20N4/c15-14(18-11-7-8-11)16-9-12-6-5-10-3-1-2-4-13(10)17-12/h5-6,11H,1-4,7-9H2,(H3,15,16,18). The summed E-state index contributed by atoms with van der Waals surface area (Å²) in [5.41, 5.74) is 9.52. The van der Waals surface area contributed by atoms with Gasteiger partial charge in [0.1, 0.15) is 0 Å². The van der Waals surface area contributed by atoms with Crippen LogP contribution in [0.3, 0.4) is 0 Å². The first-order chi connectivity index (χ1) is 8.81. The minimum Gasteiger partial charge on any atom is -0.370 e.